The van der Waals surface area contributed by atoms with Crippen LogP contribution in [0.3, 0.4) is 0 Å². The monoisotopic (exact) mass is 245 g/mol. The molecule has 0 saturated carbocycles. The molecule has 5 nitrogen and oxygen atoms in total. The van der Waals surface area contributed by atoms with Gasteiger partial charge in [0, 0.05) is 18.9 Å². The molecule has 5 heteroatoms. The summed E-state index contributed by atoms with van der Waals surface area (Å²) in [6, 6.07) is 3.81. The maximum atomic E-state index is 5.71. The summed E-state index contributed by atoms with van der Waals surface area (Å²) in [6.45, 7) is 4.16. The number of aromatic nitrogens is 2. The fraction of sp³-hybridized carbons (Fsp3) is 0.385. The lowest BCUT2D eigenvalue weighted by atomic mass is 10.2. The van der Waals surface area contributed by atoms with Gasteiger partial charge in [0.05, 0.1) is 19.4 Å². The fourth-order valence-corrected chi connectivity index (χ4v) is 2.03. The standard InChI is InChI=1S/C13H15N3O2/c1-10-7-14-13(15-8-10)16-4-6-18-12(9-16)11-3-2-5-17-11/h2-3,5,7-8,12H,4,6,9H2,1H3. The zero-order valence-corrected chi connectivity index (χ0v) is 10.2. The van der Waals surface area contributed by atoms with Gasteiger partial charge in [-0.2, -0.15) is 0 Å². The van der Waals surface area contributed by atoms with Crippen molar-refractivity contribution in [2.75, 3.05) is 24.6 Å². The van der Waals surface area contributed by atoms with Crippen LogP contribution in [-0.4, -0.2) is 29.7 Å². The third-order valence-corrected chi connectivity index (χ3v) is 2.98. The quantitative estimate of drug-likeness (QED) is 0.809. The van der Waals surface area contributed by atoms with Crippen LogP contribution in [0, 0.1) is 6.92 Å². The predicted octanol–water partition coefficient (Wildman–Crippen LogP) is 1.96. The van der Waals surface area contributed by atoms with Crippen LogP contribution in [-0.2, 0) is 4.74 Å². The van der Waals surface area contributed by atoms with Gasteiger partial charge in [0.25, 0.3) is 0 Å². The smallest absolute Gasteiger partial charge is 0.225 e. The highest BCUT2D eigenvalue weighted by molar-refractivity contribution is 5.31. The van der Waals surface area contributed by atoms with Gasteiger partial charge in [-0.05, 0) is 24.6 Å². The van der Waals surface area contributed by atoms with E-state index in [2.05, 4.69) is 14.9 Å². The molecule has 1 atom stereocenters. The second-order valence-electron chi connectivity index (χ2n) is 4.38. The molecular weight excluding hydrogens is 230 g/mol. The Hall–Kier alpha value is -1.88. The van der Waals surface area contributed by atoms with Crippen molar-refractivity contribution in [3.8, 4) is 0 Å². The molecule has 0 aliphatic carbocycles. The number of furan rings is 1. The van der Waals surface area contributed by atoms with Crippen LogP contribution in [0.1, 0.15) is 17.4 Å². The molecule has 1 fully saturated rings. The van der Waals surface area contributed by atoms with E-state index < -0.39 is 0 Å². The summed E-state index contributed by atoms with van der Waals surface area (Å²) in [6.07, 6.45) is 5.29. The normalized spacial score (nSPS) is 20.1. The van der Waals surface area contributed by atoms with E-state index in [0.29, 0.717) is 6.61 Å². The first kappa shape index (κ1) is 11.2. The lowest BCUT2D eigenvalue weighted by Gasteiger charge is -2.31. The first-order valence-corrected chi connectivity index (χ1v) is 6.01. The van der Waals surface area contributed by atoms with Gasteiger partial charge in [-0.15, -0.1) is 0 Å². The summed E-state index contributed by atoms with van der Waals surface area (Å²) < 4.78 is 11.1. The van der Waals surface area contributed by atoms with Gasteiger partial charge < -0.3 is 14.1 Å². The molecule has 2 aromatic heterocycles. The topological polar surface area (TPSA) is 51.4 Å². The summed E-state index contributed by atoms with van der Waals surface area (Å²) in [7, 11) is 0. The molecule has 0 bridgehead atoms. The molecule has 2 aromatic rings. The minimum atomic E-state index is -0.0429. The molecule has 18 heavy (non-hydrogen) atoms. The van der Waals surface area contributed by atoms with Gasteiger partial charge in [0.1, 0.15) is 11.9 Å². The number of anilines is 1. The molecule has 1 saturated heterocycles. The van der Waals surface area contributed by atoms with Gasteiger partial charge in [-0.1, -0.05) is 0 Å². The van der Waals surface area contributed by atoms with E-state index in [0.717, 1.165) is 30.4 Å². The van der Waals surface area contributed by atoms with E-state index in [9.17, 15) is 0 Å². The number of ether oxygens (including phenoxy) is 1. The number of hydrogen-bond donors (Lipinski definition) is 0. The fourth-order valence-electron chi connectivity index (χ4n) is 2.03. The van der Waals surface area contributed by atoms with E-state index in [1.807, 2.05) is 31.5 Å². The molecular formula is C13H15N3O2. The lowest BCUT2D eigenvalue weighted by molar-refractivity contribution is 0.0252. The largest absolute Gasteiger partial charge is 0.467 e. The van der Waals surface area contributed by atoms with Crippen molar-refractivity contribution in [2.24, 2.45) is 0 Å². The number of aryl methyl sites for hydroxylation is 1. The highest BCUT2D eigenvalue weighted by atomic mass is 16.5. The van der Waals surface area contributed by atoms with Crippen LogP contribution in [0.15, 0.2) is 35.2 Å². The van der Waals surface area contributed by atoms with Crippen LogP contribution in [0.4, 0.5) is 5.95 Å². The minimum absolute atomic E-state index is 0.0429. The van der Waals surface area contributed by atoms with Crippen molar-refractivity contribution in [2.45, 2.75) is 13.0 Å². The summed E-state index contributed by atoms with van der Waals surface area (Å²) in [5.41, 5.74) is 1.06. The molecule has 0 amide bonds. The molecule has 0 N–H and O–H groups in total. The molecule has 1 aliphatic rings. The maximum Gasteiger partial charge on any atom is 0.225 e. The van der Waals surface area contributed by atoms with Crippen molar-refractivity contribution in [3.05, 3.63) is 42.1 Å². The van der Waals surface area contributed by atoms with Crippen LogP contribution >= 0.6 is 0 Å². The van der Waals surface area contributed by atoms with Crippen LogP contribution in [0.25, 0.3) is 0 Å². The Morgan fingerprint density at radius 2 is 2.17 bits per heavy atom. The SMILES string of the molecule is Cc1cnc(N2CCOC(c3ccco3)C2)nc1. The summed E-state index contributed by atoms with van der Waals surface area (Å²) >= 11 is 0. The molecule has 3 heterocycles. The van der Waals surface area contributed by atoms with Crippen molar-refractivity contribution in [1.82, 2.24) is 9.97 Å². The van der Waals surface area contributed by atoms with E-state index in [1.54, 1.807) is 6.26 Å². The van der Waals surface area contributed by atoms with Gasteiger partial charge in [0.15, 0.2) is 0 Å². The lowest BCUT2D eigenvalue weighted by Crippen LogP contribution is -2.39. The Kier molecular flexibility index (Phi) is 2.98. The number of nitrogens with zero attached hydrogens (tertiary/aromatic N) is 3. The van der Waals surface area contributed by atoms with Crippen LogP contribution in [0.2, 0.25) is 0 Å². The zero-order valence-electron chi connectivity index (χ0n) is 10.2. The first-order chi connectivity index (χ1) is 8.83. The van der Waals surface area contributed by atoms with Crippen molar-refractivity contribution >= 4 is 5.95 Å². The third-order valence-electron chi connectivity index (χ3n) is 2.98. The summed E-state index contributed by atoms with van der Waals surface area (Å²) in [5, 5.41) is 0. The highest BCUT2D eigenvalue weighted by Gasteiger charge is 2.25. The van der Waals surface area contributed by atoms with E-state index in [-0.39, 0.29) is 6.10 Å². The molecule has 0 spiro atoms. The van der Waals surface area contributed by atoms with E-state index in [4.69, 9.17) is 9.15 Å². The molecule has 94 valence electrons. The molecule has 0 aromatic carbocycles. The highest BCUT2D eigenvalue weighted by Crippen LogP contribution is 2.24. The Labute approximate surface area is 105 Å². The Balaban J connectivity index is 1.76. The van der Waals surface area contributed by atoms with E-state index in [1.165, 1.54) is 0 Å². The first-order valence-electron chi connectivity index (χ1n) is 6.01. The van der Waals surface area contributed by atoms with Crippen LogP contribution < -0.4 is 4.90 Å². The summed E-state index contributed by atoms with van der Waals surface area (Å²) in [5.74, 6) is 1.60. The Bertz CT molecular complexity index is 495. The average molecular weight is 245 g/mol. The van der Waals surface area contributed by atoms with Crippen LogP contribution in [0.5, 0.6) is 0 Å². The summed E-state index contributed by atoms with van der Waals surface area (Å²) in [4.78, 5) is 10.8. The van der Waals surface area contributed by atoms with Gasteiger partial charge in [-0.3, -0.25) is 0 Å². The maximum absolute atomic E-state index is 5.71. The second-order valence-corrected chi connectivity index (χ2v) is 4.38. The molecule has 0 radical (unpaired) electrons. The second kappa shape index (κ2) is 4.78. The van der Waals surface area contributed by atoms with Crippen molar-refractivity contribution < 1.29 is 9.15 Å². The van der Waals surface area contributed by atoms with Gasteiger partial charge >= 0.3 is 0 Å². The number of morpholine rings is 1. The van der Waals surface area contributed by atoms with Crippen molar-refractivity contribution in [1.29, 1.82) is 0 Å². The number of hydrogen-bond acceptors (Lipinski definition) is 5. The third kappa shape index (κ3) is 2.22. The zero-order chi connectivity index (χ0) is 12.4. The molecule has 1 aliphatic heterocycles. The Morgan fingerprint density at radius 3 is 2.89 bits per heavy atom. The molecule has 3 rings (SSSR count). The van der Waals surface area contributed by atoms with E-state index >= 15 is 0 Å². The van der Waals surface area contributed by atoms with Gasteiger partial charge in [0.2, 0.25) is 5.95 Å². The van der Waals surface area contributed by atoms with Crippen molar-refractivity contribution in [3.63, 3.8) is 0 Å². The minimum Gasteiger partial charge on any atom is -0.467 e. The number of rotatable bonds is 2. The predicted molar refractivity (Wildman–Crippen MR) is 66.4 cm³/mol. The molecule has 1 unspecified atom stereocenters. The van der Waals surface area contributed by atoms with Gasteiger partial charge in [-0.25, -0.2) is 9.97 Å². The average Bonchev–Trinajstić information content (AvgIpc) is 2.94. The Morgan fingerprint density at radius 1 is 1.33 bits per heavy atom.